The van der Waals surface area contributed by atoms with Gasteiger partial charge >= 0.3 is 12.0 Å². The molecule has 0 saturated carbocycles. The third-order valence-corrected chi connectivity index (χ3v) is 2.66. The lowest BCUT2D eigenvalue weighted by Gasteiger charge is -2.12. The first-order valence-electron chi connectivity index (χ1n) is 4.47. The van der Waals surface area contributed by atoms with Crippen LogP contribution in [-0.4, -0.2) is 31.8 Å². The number of nitro groups is 1. The van der Waals surface area contributed by atoms with Crippen molar-refractivity contribution in [1.29, 1.82) is 0 Å². The summed E-state index contributed by atoms with van der Waals surface area (Å²) < 4.78 is 66.4. The molecule has 0 aliphatic heterocycles. The predicted molar refractivity (Wildman–Crippen MR) is 55.5 cm³/mol. The average Bonchev–Trinajstić information content (AvgIpc) is 2.24. The number of nitrogens with two attached hydrogens (primary N) is 1. The Morgan fingerprint density at radius 3 is 2.35 bits per heavy atom. The Morgan fingerprint density at radius 2 is 2.00 bits per heavy atom. The van der Waals surface area contributed by atoms with E-state index in [1.165, 1.54) is 0 Å². The molecular formula is C7H6F3N3O6S. The Labute approximate surface area is 109 Å². The molecule has 9 nitrogen and oxygen atoms in total. The van der Waals surface area contributed by atoms with E-state index in [1.54, 1.807) is 0 Å². The van der Waals surface area contributed by atoms with Gasteiger partial charge in [0.05, 0.1) is 18.2 Å². The SMILES string of the molecule is COc1c(OC(F)(F)F)cnc(S(N)(=O)=O)c1[N+](=O)[O-]. The molecule has 2 N–H and O–H groups in total. The van der Waals surface area contributed by atoms with Gasteiger partial charge in [0, 0.05) is 0 Å². The van der Waals surface area contributed by atoms with Gasteiger partial charge in [-0.3, -0.25) is 10.1 Å². The maximum atomic E-state index is 12.1. The molecule has 0 fully saturated rings. The number of nitrogens with zero attached hydrogens (tertiary/aromatic N) is 2. The second-order valence-electron chi connectivity index (χ2n) is 3.16. The molecule has 0 aromatic carbocycles. The topological polar surface area (TPSA) is 135 Å². The highest BCUT2D eigenvalue weighted by atomic mass is 32.2. The first-order valence-corrected chi connectivity index (χ1v) is 6.02. The maximum absolute atomic E-state index is 12.1. The van der Waals surface area contributed by atoms with Gasteiger partial charge in [-0.1, -0.05) is 0 Å². The third-order valence-electron chi connectivity index (χ3n) is 1.82. The number of halogens is 3. The Morgan fingerprint density at radius 1 is 1.45 bits per heavy atom. The monoisotopic (exact) mass is 317 g/mol. The normalized spacial score (nSPS) is 12.1. The van der Waals surface area contributed by atoms with Crippen molar-refractivity contribution in [3.05, 3.63) is 16.3 Å². The number of hydrogen-bond acceptors (Lipinski definition) is 7. The minimum Gasteiger partial charge on any atom is -0.487 e. The van der Waals surface area contributed by atoms with Gasteiger partial charge in [-0.25, -0.2) is 18.5 Å². The van der Waals surface area contributed by atoms with Crippen LogP contribution < -0.4 is 14.6 Å². The van der Waals surface area contributed by atoms with E-state index in [0.29, 0.717) is 6.20 Å². The third kappa shape index (κ3) is 3.45. The Bertz CT molecular complexity index is 644. The van der Waals surface area contributed by atoms with Crippen LogP contribution in [0, 0.1) is 10.1 Å². The van der Waals surface area contributed by atoms with Gasteiger partial charge in [-0.05, 0) is 0 Å². The molecule has 20 heavy (non-hydrogen) atoms. The van der Waals surface area contributed by atoms with Crippen LogP contribution in [0.15, 0.2) is 11.2 Å². The molecule has 0 amide bonds. The summed E-state index contributed by atoms with van der Waals surface area (Å²) in [6.07, 6.45) is -4.87. The van der Waals surface area contributed by atoms with Crippen molar-refractivity contribution in [3.63, 3.8) is 0 Å². The highest BCUT2D eigenvalue weighted by Gasteiger charge is 2.38. The highest BCUT2D eigenvalue weighted by Crippen LogP contribution is 2.41. The number of sulfonamides is 1. The molecule has 0 bridgehead atoms. The molecule has 0 unspecified atom stereocenters. The van der Waals surface area contributed by atoms with E-state index in [1.807, 2.05) is 0 Å². The smallest absolute Gasteiger partial charge is 0.487 e. The van der Waals surface area contributed by atoms with Crippen molar-refractivity contribution < 1.29 is 36.0 Å². The standard InChI is InChI=1S/C7H6F3N3O6S/c1-18-5-3(19-7(8,9)10)2-12-6(20(11,16)17)4(5)13(14)15/h2H,1H3,(H2,11,16,17). The lowest BCUT2D eigenvalue weighted by Crippen LogP contribution is -2.20. The van der Waals surface area contributed by atoms with Gasteiger partial charge in [-0.15, -0.1) is 13.2 Å². The summed E-state index contributed by atoms with van der Waals surface area (Å²) in [4.78, 5) is 12.5. The zero-order valence-electron chi connectivity index (χ0n) is 9.54. The first kappa shape index (κ1) is 15.9. The molecule has 0 radical (unpaired) electrons. The van der Waals surface area contributed by atoms with Gasteiger partial charge in [0.15, 0.2) is 5.75 Å². The van der Waals surface area contributed by atoms with Crippen LogP contribution in [0.4, 0.5) is 18.9 Å². The predicted octanol–water partition coefficient (Wildman–Crippen LogP) is 0.544. The number of methoxy groups -OCH3 is 1. The number of aromatic nitrogens is 1. The summed E-state index contributed by atoms with van der Waals surface area (Å²) in [5, 5.41) is 14.2. The van der Waals surface area contributed by atoms with Gasteiger partial charge in [0.1, 0.15) is 0 Å². The van der Waals surface area contributed by atoms with Crippen molar-refractivity contribution in [2.45, 2.75) is 11.4 Å². The highest BCUT2D eigenvalue weighted by molar-refractivity contribution is 7.89. The lowest BCUT2D eigenvalue weighted by molar-refractivity contribution is -0.389. The van der Waals surface area contributed by atoms with Crippen LogP contribution in [-0.2, 0) is 10.0 Å². The summed E-state index contributed by atoms with van der Waals surface area (Å²) in [6.45, 7) is 0. The quantitative estimate of drug-likeness (QED) is 0.632. The maximum Gasteiger partial charge on any atom is 0.573 e. The molecule has 1 aromatic heterocycles. The van der Waals surface area contributed by atoms with Crippen LogP contribution in [0.25, 0.3) is 0 Å². The Kier molecular flexibility index (Phi) is 4.04. The fourth-order valence-electron chi connectivity index (χ4n) is 1.21. The zero-order valence-corrected chi connectivity index (χ0v) is 10.4. The summed E-state index contributed by atoms with van der Waals surface area (Å²) in [5.41, 5.74) is -1.35. The second kappa shape index (κ2) is 5.09. The van der Waals surface area contributed by atoms with E-state index in [2.05, 4.69) is 19.6 Å². The van der Waals surface area contributed by atoms with Crippen molar-refractivity contribution in [2.24, 2.45) is 5.14 Å². The number of primary sulfonamides is 1. The molecule has 1 heterocycles. The molecule has 0 aliphatic rings. The Balaban J connectivity index is 3.63. The number of pyridine rings is 1. The van der Waals surface area contributed by atoms with Crippen LogP contribution in [0.5, 0.6) is 11.5 Å². The van der Waals surface area contributed by atoms with E-state index in [4.69, 9.17) is 0 Å². The Hall–Kier alpha value is -2.15. The lowest BCUT2D eigenvalue weighted by atomic mass is 10.3. The second-order valence-corrected chi connectivity index (χ2v) is 4.64. The van der Waals surface area contributed by atoms with Gasteiger partial charge in [0.25, 0.3) is 15.0 Å². The minimum atomic E-state index is -5.17. The van der Waals surface area contributed by atoms with E-state index >= 15 is 0 Å². The molecule has 112 valence electrons. The van der Waals surface area contributed by atoms with Crippen molar-refractivity contribution in [1.82, 2.24) is 4.98 Å². The molecular weight excluding hydrogens is 311 g/mol. The van der Waals surface area contributed by atoms with Gasteiger partial charge in [0.2, 0.25) is 5.75 Å². The molecule has 0 saturated heterocycles. The molecule has 0 aliphatic carbocycles. The fraction of sp³-hybridized carbons (Fsp3) is 0.286. The van der Waals surface area contributed by atoms with Crippen LogP contribution in [0.2, 0.25) is 0 Å². The number of ether oxygens (including phenoxy) is 2. The summed E-state index contributed by atoms with van der Waals surface area (Å²) in [7, 11) is -3.85. The average molecular weight is 317 g/mol. The summed E-state index contributed by atoms with van der Waals surface area (Å²) in [6, 6.07) is 0. The summed E-state index contributed by atoms with van der Waals surface area (Å²) >= 11 is 0. The van der Waals surface area contributed by atoms with Crippen LogP contribution in [0.1, 0.15) is 0 Å². The van der Waals surface area contributed by atoms with E-state index in [-0.39, 0.29) is 0 Å². The van der Waals surface area contributed by atoms with Crippen molar-refractivity contribution in [3.8, 4) is 11.5 Å². The molecule has 0 atom stereocenters. The molecule has 13 heteroatoms. The number of rotatable bonds is 4. The molecule has 1 aromatic rings. The van der Waals surface area contributed by atoms with Gasteiger partial charge in [-0.2, -0.15) is 0 Å². The van der Waals surface area contributed by atoms with Crippen LogP contribution >= 0.6 is 0 Å². The number of hydrogen-bond donors (Lipinski definition) is 1. The molecule has 0 spiro atoms. The minimum absolute atomic E-state index is 0.305. The largest absolute Gasteiger partial charge is 0.573 e. The summed E-state index contributed by atoms with van der Waals surface area (Å²) in [5.74, 6) is -2.23. The van der Waals surface area contributed by atoms with Crippen molar-refractivity contribution >= 4 is 15.7 Å². The first-order chi connectivity index (χ1) is 8.97. The number of alkyl halides is 3. The fourth-order valence-corrected chi connectivity index (χ4v) is 1.85. The van der Waals surface area contributed by atoms with Crippen LogP contribution in [0.3, 0.4) is 0 Å². The van der Waals surface area contributed by atoms with E-state index < -0.39 is 43.5 Å². The van der Waals surface area contributed by atoms with Gasteiger partial charge < -0.3 is 9.47 Å². The van der Waals surface area contributed by atoms with E-state index in [9.17, 15) is 31.7 Å². The zero-order chi connectivity index (χ0) is 15.7. The van der Waals surface area contributed by atoms with Crippen molar-refractivity contribution in [2.75, 3.05) is 7.11 Å². The molecule has 1 rings (SSSR count). The van der Waals surface area contributed by atoms with E-state index in [0.717, 1.165) is 7.11 Å².